The zero-order valence-corrected chi connectivity index (χ0v) is 14.4. The second kappa shape index (κ2) is 8.08. The van der Waals surface area contributed by atoms with Gasteiger partial charge in [0.25, 0.3) is 5.91 Å². The number of hydrogen-bond donors (Lipinski definition) is 2. The molecule has 6 heteroatoms. The van der Waals surface area contributed by atoms with E-state index in [9.17, 15) is 9.90 Å². The molecule has 2 rings (SSSR count). The van der Waals surface area contributed by atoms with E-state index in [2.05, 4.69) is 10.3 Å². The molecule has 23 heavy (non-hydrogen) atoms. The molecule has 0 aliphatic heterocycles. The zero-order chi connectivity index (χ0) is 16.8. The van der Waals surface area contributed by atoms with Crippen LogP contribution in [0, 0.1) is 13.8 Å². The normalized spacial score (nSPS) is 12.0. The van der Waals surface area contributed by atoms with Crippen LogP contribution in [0.4, 0.5) is 0 Å². The Morgan fingerprint density at radius 1 is 1.35 bits per heavy atom. The number of nitrogens with zero attached hydrogens (tertiary/aromatic N) is 1. The molecule has 5 nitrogen and oxygen atoms in total. The van der Waals surface area contributed by atoms with Crippen LogP contribution in [0.5, 0.6) is 5.75 Å². The van der Waals surface area contributed by atoms with Gasteiger partial charge in [0.1, 0.15) is 22.2 Å². The maximum Gasteiger partial charge on any atom is 0.263 e. The summed E-state index contributed by atoms with van der Waals surface area (Å²) in [6.07, 6.45) is 0.684. The summed E-state index contributed by atoms with van der Waals surface area (Å²) < 4.78 is 5.69. The summed E-state index contributed by atoms with van der Waals surface area (Å²) in [5.41, 5.74) is 1.86. The summed E-state index contributed by atoms with van der Waals surface area (Å²) in [5, 5.41) is 12.7. The van der Waals surface area contributed by atoms with Gasteiger partial charge in [0.15, 0.2) is 0 Å². The smallest absolute Gasteiger partial charge is 0.263 e. The van der Waals surface area contributed by atoms with Crippen molar-refractivity contribution in [1.82, 2.24) is 10.3 Å². The number of thiazole rings is 1. The summed E-state index contributed by atoms with van der Waals surface area (Å²) in [5.74, 6) is 0.586. The van der Waals surface area contributed by atoms with E-state index < -0.39 is 0 Å². The Balaban J connectivity index is 2.00. The third-order valence-electron chi connectivity index (χ3n) is 3.48. The van der Waals surface area contributed by atoms with Crippen molar-refractivity contribution in [1.29, 1.82) is 0 Å². The van der Waals surface area contributed by atoms with E-state index in [0.717, 1.165) is 10.8 Å². The molecule has 124 valence electrons. The molecule has 0 spiro atoms. The molecule has 0 bridgehead atoms. The molecule has 1 heterocycles. The maximum absolute atomic E-state index is 12.2. The number of aliphatic hydroxyl groups is 1. The second-order valence-electron chi connectivity index (χ2n) is 5.39. The van der Waals surface area contributed by atoms with Gasteiger partial charge in [0, 0.05) is 0 Å². The summed E-state index contributed by atoms with van der Waals surface area (Å²) in [6, 6.07) is 7.58. The molecule has 2 N–H and O–H groups in total. The fourth-order valence-corrected chi connectivity index (χ4v) is 2.91. The minimum Gasteiger partial charge on any atom is -0.486 e. The minimum absolute atomic E-state index is 0.0660. The number of aryl methyl sites for hydroxylation is 2. The summed E-state index contributed by atoms with van der Waals surface area (Å²) in [6.45, 7) is 6.01. The number of benzene rings is 1. The lowest BCUT2D eigenvalue weighted by Gasteiger charge is -2.13. The van der Waals surface area contributed by atoms with Crippen LogP contribution in [-0.4, -0.2) is 28.6 Å². The summed E-state index contributed by atoms with van der Waals surface area (Å²) in [4.78, 5) is 17.2. The topological polar surface area (TPSA) is 71.5 Å². The Bertz CT molecular complexity index is 648. The van der Waals surface area contributed by atoms with Crippen molar-refractivity contribution in [2.75, 3.05) is 6.61 Å². The predicted molar refractivity (Wildman–Crippen MR) is 91.0 cm³/mol. The molecule has 1 atom stereocenters. The average Bonchev–Trinajstić information content (AvgIpc) is 2.93. The van der Waals surface area contributed by atoms with Gasteiger partial charge in [-0.2, -0.15) is 0 Å². The number of carbonyl (C=O) groups is 1. The Labute approximate surface area is 140 Å². The first-order valence-electron chi connectivity index (χ1n) is 7.61. The number of aromatic nitrogens is 1. The molecule has 1 unspecified atom stereocenters. The van der Waals surface area contributed by atoms with Gasteiger partial charge in [-0.25, -0.2) is 4.98 Å². The van der Waals surface area contributed by atoms with Gasteiger partial charge in [0.05, 0.1) is 18.3 Å². The van der Waals surface area contributed by atoms with Gasteiger partial charge in [-0.1, -0.05) is 24.6 Å². The van der Waals surface area contributed by atoms with E-state index in [0.29, 0.717) is 23.6 Å². The van der Waals surface area contributed by atoms with Crippen LogP contribution in [0.2, 0.25) is 0 Å². The largest absolute Gasteiger partial charge is 0.486 e. The van der Waals surface area contributed by atoms with E-state index in [1.165, 1.54) is 16.9 Å². The van der Waals surface area contributed by atoms with Crippen LogP contribution in [0.25, 0.3) is 0 Å². The van der Waals surface area contributed by atoms with Crippen LogP contribution in [0.1, 0.15) is 39.3 Å². The SMILES string of the molecule is CCC(CO)NC(=O)c1sc(COc2ccc(C)cc2)nc1C. The molecule has 0 saturated heterocycles. The number of nitrogens with one attached hydrogen (secondary N) is 1. The van der Waals surface area contributed by atoms with Crippen LogP contribution in [0.3, 0.4) is 0 Å². The Morgan fingerprint density at radius 3 is 2.65 bits per heavy atom. The lowest BCUT2D eigenvalue weighted by molar-refractivity contribution is 0.0918. The average molecular weight is 334 g/mol. The van der Waals surface area contributed by atoms with E-state index in [1.807, 2.05) is 38.1 Å². The molecule has 1 aromatic carbocycles. The van der Waals surface area contributed by atoms with Crippen molar-refractivity contribution in [2.24, 2.45) is 0 Å². The highest BCUT2D eigenvalue weighted by atomic mass is 32.1. The maximum atomic E-state index is 12.2. The van der Waals surface area contributed by atoms with Gasteiger partial charge in [-0.3, -0.25) is 4.79 Å². The number of amides is 1. The van der Waals surface area contributed by atoms with Gasteiger partial charge in [-0.15, -0.1) is 11.3 Å². The molecule has 0 fully saturated rings. The molecule has 0 saturated carbocycles. The third kappa shape index (κ3) is 4.77. The van der Waals surface area contributed by atoms with E-state index in [1.54, 1.807) is 6.92 Å². The lowest BCUT2D eigenvalue weighted by atomic mass is 10.2. The quantitative estimate of drug-likeness (QED) is 0.817. The van der Waals surface area contributed by atoms with Crippen LogP contribution >= 0.6 is 11.3 Å². The summed E-state index contributed by atoms with van der Waals surface area (Å²) in [7, 11) is 0. The minimum atomic E-state index is -0.226. The number of hydrogen-bond acceptors (Lipinski definition) is 5. The third-order valence-corrected chi connectivity index (χ3v) is 4.61. The number of aliphatic hydroxyl groups excluding tert-OH is 1. The van der Waals surface area contributed by atoms with Crippen LogP contribution in [0.15, 0.2) is 24.3 Å². The Morgan fingerprint density at radius 2 is 2.04 bits per heavy atom. The van der Waals surface area contributed by atoms with Crippen LogP contribution in [-0.2, 0) is 6.61 Å². The molecule has 1 amide bonds. The predicted octanol–water partition coefficient (Wildman–Crippen LogP) is 2.84. The number of carbonyl (C=O) groups excluding carboxylic acids is 1. The first-order valence-corrected chi connectivity index (χ1v) is 8.42. The van der Waals surface area contributed by atoms with Crippen molar-refractivity contribution < 1.29 is 14.6 Å². The van der Waals surface area contributed by atoms with E-state index >= 15 is 0 Å². The number of rotatable bonds is 7. The molecular weight excluding hydrogens is 312 g/mol. The highest BCUT2D eigenvalue weighted by Gasteiger charge is 2.18. The van der Waals surface area contributed by atoms with Gasteiger partial charge >= 0.3 is 0 Å². The van der Waals surface area contributed by atoms with Crippen LogP contribution < -0.4 is 10.1 Å². The Hall–Kier alpha value is -1.92. The van der Waals surface area contributed by atoms with Crippen molar-refractivity contribution in [2.45, 2.75) is 39.8 Å². The van der Waals surface area contributed by atoms with Crippen molar-refractivity contribution in [3.63, 3.8) is 0 Å². The van der Waals surface area contributed by atoms with Gasteiger partial charge in [-0.05, 0) is 32.4 Å². The Kier molecular flexibility index (Phi) is 6.12. The van der Waals surface area contributed by atoms with Gasteiger partial charge in [0.2, 0.25) is 0 Å². The van der Waals surface area contributed by atoms with E-state index in [4.69, 9.17) is 4.74 Å². The first-order chi connectivity index (χ1) is 11.0. The standard InChI is InChI=1S/C17H22N2O3S/c1-4-13(9-20)19-17(21)16-12(3)18-15(23-16)10-22-14-7-5-11(2)6-8-14/h5-8,13,20H,4,9-10H2,1-3H3,(H,19,21). The van der Waals surface area contributed by atoms with Gasteiger partial charge < -0.3 is 15.2 Å². The summed E-state index contributed by atoms with van der Waals surface area (Å²) >= 11 is 1.32. The zero-order valence-electron chi connectivity index (χ0n) is 13.6. The molecule has 1 aromatic heterocycles. The molecular formula is C17H22N2O3S. The highest BCUT2D eigenvalue weighted by molar-refractivity contribution is 7.13. The fraction of sp³-hybridized carbons (Fsp3) is 0.412. The molecule has 0 aliphatic carbocycles. The van der Waals surface area contributed by atoms with Crippen molar-refractivity contribution >= 4 is 17.2 Å². The first kappa shape index (κ1) is 17.4. The fourth-order valence-electron chi connectivity index (χ4n) is 2.03. The lowest BCUT2D eigenvalue weighted by Crippen LogP contribution is -2.36. The monoisotopic (exact) mass is 334 g/mol. The van der Waals surface area contributed by atoms with E-state index in [-0.39, 0.29) is 18.6 Å². The van der Waals surface area contributed by atoms with Crippen molar-refractivity contribution in [3.8, 4) is 5.75 Å². The molecule has 0 radical (unpaired) electrons. The number of ether oxygens (including phenoxy) is 1. The molecule has 0 aliphatic rings. The van der Waals surface area contributed by atoms with Crippen molar-refractivity contribution in [3.05, 3.63) is 45.4 Å². The second-order valence-corrected chi connectivity index (χ2v) is 6.47. The highest BCUT2D eigenvalue weighted by Crippen LogP contribution is 2.20. The molecule has 2 aromatic rings.